The summed E-state index contributed by atoms with van der Waals surface area (Å²) in [5, 5.41) is 13.9. The number of rotatable bonds is 4. The highest BCUT2D eigenvalue weighted by molar-refractivity contribution is 6.22. The number of nitrogens with zero attached hydrogens (tertiary/aromatic N) is 1. The van der Waals surface area contributed by atoms with E-state index < -0.39 is 0 Å². The summed E-state index contributed by atoms with van der Waals surface area (Å²) >= 11 is 0. The van der Waals surface area contributed by atoms with Gasteiger partial charge in [-0.1, -0.05) is 164 Å². The Labute approximate surface area is 319 Å². The normalized spacial score (nSPS) is 11.7. The van der Waals surface area contributed by atoms with E-state index in [0.717, 1.165) is 10.9 Å². The molecular formula is C54H35N. The van der Waals surface area contributed by atoms with E-state index in [2.05, 4.69) is 194 Å². The van der Waals surface area contributed by atoms with Crippen molar-refractivity contribution in [3.8, 4) is 44.5 Å². The van der Waals surface area contributed by atoms with Crippen molar-refractivity contribution in [2.24, 2.45) is 0 Å². The van der Waals surface area contributed by atoms with Crippen LogP contribution >= 0.6 is 0 Å². The fourth-order valence-electron chi connectivity index (χ4n) is 8.97. The third-order valence-corrected chi connectivity index (χ3v) is 11.6. The number of benzene rings is 10. The van der Waals surface area contributed by atoms with E-state index in [4.69, 9.17) is 0 Å². The second kappa shape index (κ2) is 12.5. The van der Waals surface area contributed by atoms with Crippen LogP contribution in [0.4, 0.5) is 0 Å². The highest BCUT2D eigenvalue weighted by atomic mass is 14.6. The van der Waals surface area contributed by atoms with Crippen LogP contribution in [-0.2, 0) is 0 Å². The van der Waals surface area contributed by atoms with Gasteiger partial charge in [-0.25, -0.2) is 0 Å². The number of pyridine rings is 1. The molecule has 0 N–H and O–H groups in total. The van der Waals surface area contributed by atoms with Crippen LogP contribution in [0, 0.1) is 6.92 Å². The van der Waals surface area contributed by atoms with Crippen molar-refractivity contribution in [3.63, 3.8) is 0 Å². The molecule has 11 rings (SSSR count). The average molecular weight is 698 g/mol. The van der Waals surface area contributed by atoms with Gasteiger partial charge in [0.05, 0.1) is 5.52 Å². The minimum atomic E-state index is 1.02. The Morgan fingerprint density at radius 3 is 1.64 bits per heavy atom. The molecule has 0 aliphatic carbocycles. The van der Waals surface area contributed by atoms with Crippen LogP contribution in [0.3, 0.4) is 0 Å². The summed E-state index contributed by atoms with van der Waals surface area (Å²) in [6.07, 6.45) is 1.85. The Morgan fingerprint density at radius 1 is 0.309 bits per heavy atom. The van der Waals surface area contributed by atoms with Gasteiger partial charge in [0.15, 0.2) is 0 Å². The van der Waals surface area contributed by atoms with Crippen LogP contribution < -0.4 is 0 Å². The molecule has 0 atom stereocenters. The van der Waals surface area contributed by atoms with Crippen molar-refractivity contribution in [1.29, 1.82) is 0 Å². The molecule has 0 saturated carbocycles. The van der Waals surface area contributed by atoms with Gasteiger partial charge in [0.1, 0.15) is 0 Å². The van der Waals surface area contributed by atoms with Crippen molar-refractivity contribution < 1.29 is 0 Å². The summed E-state index contributed by atoms with van der Waals surface area (Å²) in [6.45, 7) is 2.23. The zero-order valence-corrected chi connectivity index (χ0v) is 30.4. The van der Waals surface area contributed by atoms with Crippen molar-refractivity contribution in [2.45, 2.75) is 6.92 Å². The maximum absolute atomic E-state index is 4.49. The number of aryl methyl sites for hydroxylation is 1. The van der Waals surface area contributed by atoms with Gasteiger partial charge in [-0.2, -0.15) is 0 Å². The maximum Gasteiger partial charge on any atom is 0.0702 e. The van der Waals surface area contributed by atoms with Crippen molar-refractivity contribution >= 4 is 64.8 Å². The molecule has 1 heteroatoms. The quantitative estimate of drug-likeness (QED) is 0.167. The molecule has 1 nitrogen and oxygen atoms in total. The molecule has 1 heterocycles. The molecule has 0 bridgehead atoms. The standard InChI is InChI=1S/C54H35N/c1-34-8-4-9-37-21-22-39-11-6-16-50(54(39)52(34)37)49-15-5-10-38-23-24-42-33-41(25-27-46(42)53(38)49)45-29-28-44(47-13-2-3-14-48(45)47)36-19-17-35(18-20-36)40-26-30-51-43(32-40)12-7-31-55-51/h2-33H,1H3. The van der Waals surface area contributed by atoms with E-state index in [1.54, 1.807) is 0 Å². The molecule has 0 saturated heterocycles. The lowest BCUT2D eigenvalue weighted by molar-refractivity contribution is 1.41. The molecule has 0 unspecified atom stereocenters. The van der Waals surface area contributed by atoms with Gasteiger partial charge < -0.3 is 0 Å². The Morgan fingerprint density at radius 2 is 0.873 bits per heavy atom. The fraction of sp³-hybridized carbons (Fsp3) is 0.0185. The van der Waals surface area contributed by atoms with Crippen LogP contribution in [0.2, 0.25) is 0 Å². The lowest BCUT2D eigenvalue weighted by Crippen LogP contribution is -1.89. The zero-order chi connectivity index (χ0) is 36.5. The number of fused-ring (bicyclic) bond motifs is 8. The highest BCUT2D eigenvalue weighted by Crippen LogP contribution is 2.43. The Hall–Kier alpha value is -7.09. The van der Waals surface area contributed by atoms with Crippen molar-refractivity contribution in [3.05, 3.63) is 200 Å². The predicted octanol–water partition coefficient (Wildman–Crippen LogP) is 15.0. The van der Waals surface area contributed by atoms with E-state index in [0.29, 0.717) is 0 Å². The largest absolute Gasteiger partial charge is 0.256 e. The highest BCUT2D eigenvalue weighted by Gasteiger charge is 2.16. The molecule has 0 aliphatic heterocycles. The first-order valence-electron chi connectivity index (χ1n) is 19.0. The number of hydrogen-bond donors (Lipinski definition) is 0. The smallest absolute Gasteiger partial charge is 0.0702 e. The number of aromatic nitrogens is 1. The minimum Gasteiger partial charge on any atom is -0.256 e. The average Bonchev–Trinajstić information content (AvgIpc) is 3.25. The van der Waals surface area contributed by atoms with Crippen molar-refractivity contribution in [2.75, 3.05) is 0 Å². The Bertz CT molecular complexity index is 3320. The van der Waals surface area contributed by atoms with E-state index in [1.165, 1.54) is 104 Å². The summed E-state index contributed by atoms with van der Waals surface area (Å²) in [6, 6.07) is 69.3. The summed E-state index contributed by atoms with van der Waals surface area (Å²) in [7, 11) is 0. The zero-order valence-electron chi connectivity index (χ0n) is 30.4. The second-order valence-corrected chi connectivity index (χ2v) is 14.7. The van der Waals surface area contributed by atoms with E-state index in [-0.39, 0.29) is 0 Å². The summed E-state index contributed by atoms with van der Waals surface area (Å²) in [4.78, 5) is 4.49. The van der Waals surface area contributed by atoms with Gasteiger partial charge in [0.25, 0.3) is 0 Å². The van der Waals surface area contributed by atoms with Gasteiger partial charge in [0.2, 0.25) is 0 Å². The summed E-state index contributed by atoms with van der Waals surface area (Å²) in [5.74, 6) is 0. The molecule has 0 amide bonds. The first-order valence-corrected chi connectivity index (χ1v) is 19.0. The first-order chi connectivity index (χ1) is 27.2. The summed E-state index contributed by atoms with van der Waals surface area (Å²) in [5.41, 5.74) is 12.2. The van der Waals surface area contributed by atoms with Crippen LogP contribution in [-0.4, -0.2) is 4.98 Å². The van der Waals surface area contributed by atoms with E-state index >= 15 is 0 Å². The topological polar surface area (TPSA) is 12.9 Å². The molecule has 11 aromatic rings. The predicted molar refractivity (Wildman–Crippen MR) is 236 cm³/mol. The third kappa shape index (κ3) is 5.12. The summed E-state index contributed by atoms with van der Waals surface area (Å²) < 4.78 is 0. The van der Waals surface area contributed by atoms with E-state index in [1.807, 2.05) is 12.3 Å². The third-order valence-electron chi connectivity index (χ3n) is 11.6. The lowest BCUT2D eigenvalue weighted by atomic mass is 9.87. The van der Waals surface area contributed by atoms with Gasteiger partial charge in [-0.15, -0.1) is 0 Å². The molecule has 256 valence electrons. The van der Waals surface area contributed by atoms with Crippen LogP contribution in [0.5, 0.6) is 0 Å². The Kier molecular flexibility index (Phi) is 7.15. The van der Waals surface area contributed by atoms with Crippen LogP contribution in [0.15, 0.2) is 194 Å². The molecule has 10 aromatic carbocycles. The van der Waals surface area contributed by atoms with Gasteiger partial charge in [-0.3, -0.25) is 4.98 Å². The molecule has 0 radical (unpaired) electrons. The monoisotopic (exact) mass is 697 g/mol. The molecule has 0 aliphatic rings. The molecule has 0 spiro atoms. The van der Waals surface area contributed by atoms with E-state index in [9.17, 15) is 0 Å². The van der Waals surface area contributed by atoms with Gasteiger partial charge >= 0.3 is 0 Å². The van der Waals surface area contributed by atoms with Crippen LogP contribution in [0.25, 0.3) is 109 Å². The lowest BCUT2D eigenvalue weighted by Gasteiger charge is -2.16. The van der Waals surface area contributed by atoms with Crippen molar-refractivity contribution in [1.82, 2.24) is 4.98 Å². The molecule has 0 fully saturated rings. The van der Waals surface area contributed by atoms with Crippen LogP contribution in [0.1, 0.15) is 5.56 Å². The molecule has 1 aromatic heterocycles. The second-order valence-electron chi connectivity index (χ2n) is 14.7. The fourth-order valence-corrected chi connectivity index (χ4v) is 8.97. The Balaban J connectivity index is 1.02. The SMILES string of the molecule is Cc1cccc2ccc3cccc(-c4cccc5ccc6cc(-c7ccc(-c8ccc(-c9ccc%10ncccc%10c9)cc8)c8ccccc78)ccc6c45)c3c12. The minimum absolute atomic E-state index is 1.02. The van der Waals surface area contributed by atoms with Gasteiger partial charge in [-0.05, 0) is 135 Å². The first kappa shape index (κ1) is 31.4. The maximum atomic E-state index is 4.49. The number of hydrogen-bond acceptors (Lipinski definition) is 1. The molecule has 55 heavy (non-hydrogen) atoms. The van der Waals surface area contributed by atoms with Gasteiger partial charge in [0, 0.05) is 11.6 Å². The molecular weight excluding hydrogens is 663 g/mol.